The van der Waals surface area contributed by atoms with E-state index < -0.39 is 11.8 Å². The normalized spacial score (nSPS) is 24.4. The Hall–Kier alpha value is -1.58. The minimum Gasteiger partial charge on any atom is -0.465 e. The molecule has 4 heteroatoms. The summed E-state index contributed by atoms with van der Waals surface area (Å²) in [7, 11) is 1.26. The Morgan fingerprint density at radius 1 is 1.38 bits per heavy atom. The van der Waals surface area contributed by atoms with Crippen LogP contribution in [0.5, 0.6) is 0 Å². The molecule has 0 heterocycles. The van der Waals surface area contributed by atoms with E-state index in [9.17, 15) is 9.18 Å². The van der Waals surface area contributed by atoms with Crippen LogP contribution in [0.4, 0.5) is 10.1 Å². The van der Waals surface area contributed by atoms with E-state index in [-0.39, 0.29) is 5.56 Å². The third kappa shape index (κ3) is 3.96. The summed E-state index contributed by atoms with van der Waals surface area (Å²) in [6, 6.07) is 4.87. The number of esters is 1. The van der Waals surface area contributed by atoms with Crippen molar-refractivity contribution in [3.8, 4) is 0 Å². The van der Waals surface area contributed by atoms with Crippen molar-refractivity contribution < 1.29 is 13.9 Å². The zero-order chi connectivity index (χ0) is 15.6. The monoisotopic (exact) mass is 293 g/mol. The van der Waals surface area contributed by atoms with Crippen LogP contribution in [-0.2, 0) is 4.74 Å². The second-order valence-electron chi connectivity index (χ2n) is 6.94. The van der Waals surface area contributed by atoms with Gasteiger partial charge in [0, 0.05) is 11.7 Å². The van der Waals surface area contributed by atoms with Gasteiger partial charge >= 0.3 is 5.97 Å². The first kappa shape index (κ1) is 15.8. The van der Waals surface area contributed by atoms with Crippen molar-refractivity contribution in [3.63, 3.8) is 0 Å². The molecular weight excluding hydrogens is 269 g/mol. The van der Waals surface area contributed by atoms with E-state index in [1.54, 1.807) is 6.07 Å². The fraction of sp³-hybridized carbons (Fsp3) is 0.588. The lowest BCUT2D eigenvalue weighted by atomic mass is 9.70. The molecule has 0 aromatic heterocycles. The molecule has 0 saturated heterocycles. The van der Waals surface area contributed by atoms with E-state index in [0.29, 0.717) is 17.4 Å². The number of hydrogen-bond acceptors (Lipinski definition) is 3. The highest BCUT2D eigenvalue weighted by Crippen LogP contribution is 2.39. The molecule has 1 aliphatic rings. The number of carbonyl (C=O) groups is 1. The third-order valence-corrected chi connectivity index (χ3v) is 4.13. The molecule has 0 amide bonds. The van der Waals surface area contributed by atoms with Gasteiger partial charge in [-0.3, -0.25) is 0 Å². The molecule has 2 unspecified atom stereocenters. The van der Waals surface area contributed by atoms with E-state index in [0.717, 1.165) is 18.5 Å². The average molecular weight is 293 g/mol. The van der Waals surface area contributed by atoms with Crippen molar-refractivity contribution in [2.75, 3.05) is 12.4 Å². The van der Waals surface area contributed by atoms with Gasteiger partial charge in [-0.25, -0.2) is 9.18 Å². The Balaban J connectivity index is 2.14. The van der Waals surface area contributed by atoms with Gasteiger partial charge in [0.15, 0.2) is 0 Å². The molecule has 1 N–H and O–H groups in total. The number of benzene rings is 1. The molecule has 3 nitrogen and oxygen atoms in total. The molecule has 2 rings (SSSR count). The molecule has 0 bridgehead atoms. The van der Waals surface area contributed by atoms with Gasteiger partial charge in [-0.1, -0.05) is 20.8 Å². The van der Waals surface area contributed by atoms with Gasteiger partial charge in [-0.05, 0) is 48.8 Å². The van der Waals surface area contributed by atoms with E-state index in [2.05, 4.69) is 30.8 Å². The Morgan fingerprint density at radius 3 is 2.71 bits per heavy atom. The Kier molecular flexibility index (Phi) is 4.55. The molecule has 0 aliphatic heterocycles. The van der Waals surface area contributed by atoms with Crippen molar-refractivity contribution in [1.82, 2.24) is 0 Å². The number of rotatable bonds is 3. The van der Waals surface area contributed by atoms with E-state index in [1.165, 1.54) is 25.7 Å². The van der Waals surface area contributed by atoms with Gasteiger partial charge in [0.2, 0.25) is 0 Å². The molecule has 0 spiro atoms. The number of methoxy groups -OCH3 is 1. The minimum absolute atomic E-state index is 0.0226. The molecule has 116 valence electrons. The summed E-state index contributed by atoms with van der Waals surface area (Å²) in [5, 5.41) is 3.44. The average Bonchev–Trinajstić information content (AvgIpc) is 2.37. The summed E-state index contributed by atoms with van der Waals surface area (Å²) in [6.45, 7) is 6.82. The summed E-state index contributed by atoms with van der Waals surface area (Å²) in [5.74, 6) is -0.537. The molecule has 21 heavy (non-hydrogen) atoms. The van der Waals surface area contributed by atoms with Crippen LogP contribution in [0.2, 0.25) is 0 Å². The van der Waals surface area contributed by atoms with Crippen LogP contribution in [0.1, 0.15) is 50.4 Å². The lowest BCUT2D eigenvalue weighted by Gasteiger charge is -2.39. The second kappa shape index (κ2) is 6.04. The van der Waals surface area contributed by atoms with Gasteiger partial charge in [-0.2, -0.15) is 0 Å². The van der Waals surface area contributed by atoms with Crippen molar-refractivity contribution in [1.29, 1.82) is 0 Å². The minimum atomic E-state index is -0.645. The second-order valence-corrected chi connectivity index (χ2v) is 6.94. The highest BCUT2D eigenvalue weighted by atomic mass is 19.1. The maximum Gasteiger partial charge on any atom is 0.340 e. The maximum absolute atomic E-state index is 13.6. The van der Waals surface area contributed by atoms with Gasteiger partial charge < -0.3 is 10.1 Å². The highest BCUT2D eigenvalue weighted by Gasteiger charge is 2.32. The first-order valence-electron chi connectivity index (χ1n) is 7.45. The van der Waals surface area contributed by atoms with Crippen LogP contribution in [0, 0.1) is 17.2 Å². The van der Waals surface area contributed by atoms with Crippen LogP contribution < -0.4 is 5.32 Å². The van der Waals surface area contributed by atoms with Gasteiger partial charge in [0.05, 0.1) is 12.7 Å². The van der Waals surface area contributed by atoms with E-state index in [1.807, 2.05) is 0 Å². The van der Waals surface area contributed by atoms with Crippen molar-refractivity contribution in [2.45, 2.75) is 46.1 Å². The quantitative estimate of drug-likeness (QED) is 0.847. The van der Waals surface area contributed by atoms with Crippen molar-refractivity contribution >= 4 is 11.7 Å². The lowest BCUT2D eigenvalue weighted by Crippen LogP contribution is -2.35. The molecule has 1 saturated carbocycles. The standard InChI is InChI=1S/C17H24FNO2/c1-11-7-13(10-17(2,3)9-11)19-12-5-6-15(18)14(8-12)16(20)21-4/h5-6,8,11,13,19H,7,9-10H2,1-4H3. The summed E-state index contributed by atoms with van der Waals surface area (Å²) in [5.41, 5.74) is 1.05. The number of ether oxygens (including phenoxy) is 1. The number of nitrogens with one attached hydrogen (secondary N) is 1. The molecular formula is C17H24FNO2. The molecule has 1 fully saturated rings. The van der Waals surface area contributed by atoms with E-state index >= 15 is 0 Å². The summed E-state index contributed by atoms with van der Waals surface area (Å²) in [6.07, 6.45) is 3.39. The Morgan fingerprint density at radius 2 is 2.10 bits per heavy atom. The van der Waals surface area contributed by atoms with Gasteiger partial charge in [-0.15, -0.1) is 0 Å². The largest absolute Gasteiger partial charge is 0.465 e. The van der Waals surface area contributed by atoms with Crippen LogP contribution in [-0.4, -0.2) is 19.1 Å². The third-order valence-electron chi connectivity index (χ3n) is 4.13. The highest BCUT2D eigenvalue weighted by molar-refractivity contribution is 5.90. The number of anilines is 1. The van der Waals surface area contributed by atoms with Crippen LogP contribution >= 0.6 is 0 Å². The van der Waals surface area contributed by atoms with Gasteiger partial charge in [0.25, 0.3) is 0 Å². The summed E-state index contributed by atoms with van der Waals surface area (Å²) < 4.78 is 18.2. The number of hydrogen-bond donors (Lipinski definition) is 1. The fourth-order valence-corrected chi connectivity index (χ4v) is 3.57. The zero-order valence-electron chi connectivity index (χ0n) is 13.2. The first-order chi connectivity index (χ1) is 9.80. The SMILES string of the molecule is COC(=O)c1cc(NC2CC(C)CC(C)(C)C2)ccc1F. The Bertz CT molecular complexity index is 528. The molecule has 2 atom stereocenters. The van der Waals surface area contributed by atoms with Crippen LogP contribution in [0.25, 0.3) is 0 Å². The number of carbonyl (C=O) groups excluding carboxylic acids is 1. The van der Waals surface area contributed by atoms with Crippen LogP contribution in [0.15, 0.2) is 18.2 Å². The summed E-state index contributed by atoms with van der Waals surface area (Å²) >= 11 is 0. The van der Waals surface area contributed by atoms with Crippen LogP contribution in [0.3, 0.4) is 0 Å². The van der Waals surface area contributed by atoms with Crippen molar-refractivity contribution in [3.05, 3.63) is 29.6 Å². The van der Waals surface area contributed by atoms with E-state index in [4.69, 9.17) is 0 Å². The first-order valence-corrected chi connectivity index (χ1v) is 7.45. The Labute approximate surface area is 125 Å². The molecule has 0 radical (unpaired) electrons. The molecule has 1 aromatic carbocycles. The molecule has 1 aliphatic carbocycles. The zero-order valence-corrected chi connectivity index (χ0v) is 13.2. The topological polar surface area (TPSA) is 38.3 Å². The number of halogens is 1. The van der Waals surface area contributed by atoms with Gasteiger partial charge in [0.1, 0.15) is 5.82 Å². The van der Waals surface area contributed by atoms with Crippen molar-refractivity contribution in [2.24, 2.45) is 11.3 Å². The molecule has 1 aromatic rings. The maximum atomic E-state index is 13.6. The predicted molar refractivity (Wildman–Crippen MR) is 81.9 cm³/mol. The lowest BCUT2D eigenvalue weighted by molar-refractivity contribution is 0.0595. The predicted octanol–water partition coefficient (Wildman–Crippen LogP) is 4.24. The fourth-order valence-electron chi connectivity index (χ4n) is 3.57. The summed E-state index contributed by atoms with van der Waals surface area (Å²) in [4.78, 5) is 11.5. The smallest absolute Gasteiger partial charge is 0.340 e.